The third-order valence-electron chi connectivity index (χ3n) is 7.21. The Labute approximate surface area is 180 Å². The first-order valence-electron chi connectivity index (χ1n) is 12.1. The lowest BCUT2D eigenvalue weighted by atomic mass is 9.80. The van der Waals surface area contributed by atoms with Crippen molar-refractivity contribution >= 4 is 0 Å². The molecule has 2 saturated carbocycles. The van der Waals surface area contributed by atoms with E-state index in [1.165, 1.54) is 77.3 Å². The van der Waals surface area contributed by atoms with Crippen LogP contribution in [0.2, 0.25) is 0 Å². The summed E-state index contributed by atoms with van der Waals surface area (Å²) in [6.45, 7) is 23.7. The number of hydrogen-bond acceptors (Lipinski definition) is 1. The molecule has 0 radical (unpaired) electrons. The maximum absolute atomic E-state index is 2.55. The second-order valence-electron chi connectivity index (χ2n) is 12.6. The van der Waals surface area contributed by atoms with Gasteiger partial charge in [-0.1, -0.05) is 74.7 Å². The molecule has 0 unspecified atom stereocenters. The molecule has 0 N–H and O–H groups in total. The van der Waals surface area contributed by atoms with Crippen molar-refractivity contribution in [2.45, 2.75) is 139 Å². The first-order valence-corrected chi connectivity index (χ1v) is 12.1. The van der Waals surface area contributed by atoms with Gasteiger partial charge in [0.15, 0.2) is 0 Å². The van der Waals surface area contributed by atoms with E-state index in [-0.39, 0.29) is 7.43 Å². The first-order chi connectivity index (χ1) is 12.3. The highest BCUT2D eigenvalue weighted by Gasteiger charge is 2.27. The van der Waals surface area contributed by atoms with Crippen molar-refractivity contribution < 1.29 is 0 Å². The Morgan fingerprint density at radius 1 is 0.500 bits per heavy atom. The summed E-state index contributed by atoms with van der Waals surface area (Å²) in [5, 5.41) is 0. The van der Waals surface area contributed by atoms with E-state index in [1.54, 1.807) is 0 Å². The monoisotopic (exact) mass is 395 g/mol. The van der Waals surface area contributed by atoms with Crippen molar-refractivity contribution in [2.24, 2.45) is 22.7 Å². The zero-order valence-electron chi connectivity index (χ0n) is 20.6. The molecule has 1 heterocycles. The van der Waals surface area contributed by atoms with E-state index < -0.39 is 0 Å². The van der Waals surface area contributed by atoms with Crippen LogP contribution in [0.15, 0.2) is 0 Å². The lowest BCUT2D eigenvalue weighted by Crippen LogP contribution is -2.38. The van der Waals surface area contributed by atoms with Crippen LogP contribution in [-0.4, -0.2) is 23.5 Å². The van der Waals surface area contributed by atoms with Crippen LogP contribution in [0.5, 0.6) is 0 Å². The van der Waals surface area contributed by atoms with E-state index >= 15 is 0 Å². The van der Waals surface area contributed by atoms with Gasteiger partial charge in [-0.15, -0.1) is 0 Å². The molecule has 3 aliphatic rings. The maximum atomic E-state index is 2.55. The third kappa shape index (κ3) is 10.7. The van der Waals surface area contributed by atoms with E-state index in [4.69, 9.17) is 0 Å². The molecular formula is C27H57N. The molecule has 0 atom stereocenters. The van der Waals surface area contributed by atoms with Crippen molar-refractivity contribution in [3.8, 4) is 0 Å². The normalized spacial score (nSPS) is 22.2. The van der Waals surface area contributed by atoms with Crippen LogP contribution < -0.4 is 0 Å². The SMILES string of the molecule is C.CC(C)(C)C1CCCC1.CC(C)(C)C1CCCC1.CC(C)(C)N1CCCC1. The zero-order valence-corrected chi connectivity index (χ0v) is 20.6. The fourth-order valence-electron chi connectivity index (χ4n) is 4.97. The molecule has 2 aliphatic carbocycles. The van der Waals surface area contributed by atoms with Crippen molar-refractivity contribution in [2.75, 3.05) is 13.1 Å². The van der Waals surface area contributed by atoms with E-state index in [2.05, 4.69) is 67.2 Å². The fourth-order valence-corrected chi connectivity index (χ4v) is 4.97. The van der Waals surface area contributed by atoms with Crippen LogP contribution in [0.25, 0.3) is 0 Å². The number of rotatable bonds is 0. The Kier molecular flexibility index (Phi) is 12.0. The Bertz CT molecular complexity index is 310. The molecule has 1 heteroatoms. The van der Waals surface area contributed by atoms with Gasteiger partial charge in [-0.25, -0.2) is 0 Å². The van der Waals surface area contributed by atoms with E-state index in [1.807, 2.05) is 0 Å². The van der Waals surface area contributed by atoms with Crippen LogP contribution >= 0.6 is 0 Å². The van der Waals surface area contributed by atoms with Crippen molar-refractivity contribution in [3.05, 3.63) is 0 Å². The van der Waals surface area contributed by atoms with Gasteiger partial charge in [0.2, 0.25) is 0 Å². The van der Waals surface area contributed by atoms with Crippen LogP contribution in [0.3, 0.4) is 0 Å². The average Bonchev–Trinajstić information content (AvgIpc) is 3.28. The Morgan fingerprint density at radius 3 is 0.929 bits per heavy atom. The molecular weight excluding hydrogens is 338 g/mol. The summed E-state index contributed by atoms with van der Waals surface area (Å²) >= 11 is 0. The molecule has 3 fully saturated rings. The van der Waals surface area contributed by atoms with Crippen LogP contribution in [0.1, 0.15) is 134 Å². The van der Waals surface area contributed by atoms with Crippen LogP contribution in [0.4, 0.5) is 0 Å². The predicted molar refractivity (Wildman–Crippen MR) is 130 cm³/mol. The molecule has 0 bridgehead atoms. The molecule has 1 nitrogen and oxygen atoms in total. The summed E-state index contributed by atoms with van der Waals surface area (Å²) in [6, 6.07) is 0. The van der Waals surface area contributed by atoms with Crippen molar-refractivity contribution in [1.82, 2.24) is 4.90 Å². The van der Waals surface area contributed by atoms with Crippen molar-refractivity contribution in [1.29, 1.82) is 0 Å². The van der Waals surface area contributed by atoms with Gasteiger partial charge < -0.3 is 0 Å². The summed E-state index contributed by atoms with van der Waals surface area (Å²) < 4.78 is 0. The van der Waals surface area contributed by atoms with E-state index in [9.17, 15) is 0 Å². The van der Waals surface area contributed by atoms with Gasteiger partial charge in [-0.2, -0.15) is 0 Å². The minimum absolute atomic E-state index is 0. The Morgan fingerprint density at radius 2 is 0.786 bits per heavy atom. The van der Waals surface area contributed by atoms with E-state index in [0.29, 0.717) is 16.4 Å². The summed E-state index contributed by atoms with van der Waals surface area (Å²) in [7, 11) is 0. The molecule has 170 valence electrons. The molecule has 1 saturated heterocycles. The second-order valence-corrected chi connectivity index (χ2v) is 12.6. The largest absolute Gasteiger partial charge is 0.298 e. The number of nitrogens with zero attached hydrogens (tertiary/aromatic N) is 1. The molecule has 28 heavy (non-hydrogen) atoms. The Hall–Kier alpha value is -0.0400. The molecule has 0 aromatic rings. The number of hydrogen-bond donors (Lipinski definition) is 0. The lowest BCUT2D eigenvalue weighted by Gasteiger charge is -2.31. The van der Waals surface area contributed by atoms with Crippen molar-refractivity contribution in [3.63, 3.8) is 0 Å². The Balaban J connectivity index is 0.000000384. The predicted octanol–water partition coefficient (Wildman–Crippen LogP) is 8.96. The summed E-state index contributed by atoms with van der Waals surface area (Å²) in [4.78, 5) is 2.55. The van der Waals surface area contributed by atoms with Gasteiger partial charge >= 0.3 is 0 Å². The average molecular weight is 396 g/mol. The maximum Gasteiger partial charge on any atom is 0.0125 e. The summed E-state index contributed by atoms with van der Waals surface area (Å²) in [5.41, 5.74) is 1.57. The third-order valence-corrected chi connectivity index (χ3v) is 7.21. The van der Waals surface area contributed by atoms with Crippen LogP contribution in [0, 0.1) is 22.7 Å². The molecule has 0 spiro atoms. The van der Waals surface area contributed by atoms with Gasteiger partial charge in [0, 0.05) is 5.54 Å². The highest BCUT2D eigenvalue weighted by Crippen LogP contribution is 2.39. The first kappa shape index (κ1) is 28.0. The quantitative estimate of drug-likeness (QED) is 0.395. The molecule has 3 rings (SSSR count). The minimum atomic E-state index is 0. The molecule has 0 aromatic carbocycles. The second kappa shape index (κ2) is 12.0. The molecule has 0 amide bonds. The van der Waals surface area contributed by atoms with Gasteiger partial charge in [0.05, 0.1) is 0 Å². The van der Waals surface area contributed by atoms with Crippen LogP contribution in [-0.2, 0) is 0 Å². The van der Waals surface area contributed by atoms with Gasteiger partial charge in [-0.05, 0) is 95.1 Å². The lowest BCUT2D eigenvalue weighted by molar-refractivity contribution is 0.175. The topological polar surface area (TPSA) is 3.24 Å². The van der Waals surface area contributed by atoms with E-state index in [0.717, 1.165) is 11.8 Å². The zero-order chi connectivity index (χ0) is 20.7. The van der Waals surface area contributed by atoms with Gasteiger partial charge in [0.25, 0.3) is 0 Å². The van der Waals surface area contributed by atoms with Gasteiger partial charge in [0.1, 0.15) is 0 Å². The summed E-state index contributed by atoms with van der Waals surface area (Å²) in [5.74, 6) is 2.02. The standard InChI is InChI=1S/2C9H18.C8H17N.CH4/c2*1-9(2,3)8-6-4-5-7-8;1-8(2,3)9-6-4-5-7-9;/h2*8H,4-7H2,1-3H3;4-7H2,1-3H3;1H4. The molecule has 1 aliphatic heterocycles. The highest BCUT2D eigenvalue weighted by molar-refractivity contribution is 4.80. The minimum Gasteiger partial charge on any atom is -0.298 e. The fraction of sp³-hybridized carbons (Fsp3) is 1.00. The number of likely N-dealkylation sites (tertiary alicyclic amines) is 1. The summed E-state index contributed by atoms with van der Waals surface area (Å²) in [6.07, 6.45) is 14.6. The molecule has 0 aromatic heterocycles. The van der Waals surface area contributed by atoms with Gasteiger partial charge in [-0.3, -0.25) is 4.90 Å². The smallest absolute Gasteiger partial charge is 0.0125 e. The highest BCUT2D eigenvalue weighted by atomic mass is 15.2.